The first-order valence-corrected chi connectivity index (χ1v) is 10.7. The molecule has 0 radical (unpaired) electrons. The van der Waals surface area contributed by atoms with Gasteiger partial charge in [-0.25, -0.2) is 4.39 Å². The van der Waals surface area contributed by atoms with Crippen LogP contribution in [0.2, 0.25) is 0 Å². The third kappa shape index (κ3) is 3.87. The van der Waals surface area contributed by atoms with Crippen molar-refractivity contribution in [3.8, 4) is 5.69 Å². The molecule has 0 unspecified atom stereocenters. The van der Waals surface area contributed by atoms with Gasteiger partial charge in [0.05, 0.1) is 5.69 Å². The number of nitrogens with one attached hydrogen (secondary N) is 1. The van der Waals surface area contributed by atoms with E-state index in [4.69, 9.17) is 12.2 Å². The van der Waals surface area contributed by atoms with Crippen LogP contribution in [0.3, 0.4) is 0 Å². The molecular formula is C25H22FN3O2S. The first-order chi connectivity index (χ1) is 15.3. The van der Waals surface area contributed by atoms with Crippen LogP contribution >= 0.6 is 12.2 Å². The molecule has 2 heterocycles. The zero-order valence-corrected chi connectivity index (χ0v) is 18.8. The van der Waals surface area contributed by atoms with Gasteiger partial charge in [-0.1, -0.05) is 25.1 Å². The maximum atomic E-state index is 13.7. The topological polar surface area (TPSA) is 54.3 Å². The van der Waals surface area contributed by atoms with Gasteiger partial charge in [-0.05, 0) is 86.1 Å². The van der Waals surface area contributed by atoms with E-state index >= 15 is 0 Å². The summed E-state index contributed by atoms with van der Waals surface area (Å²) in [5.74, 6) is -1.37. The normalized spacial score (nSPS) is 15.4. The van der Waals surface area contributed by atoms with Crippen molar-refractivity contribution in [2.24, 2.45) is 0 Å². The highest BCUT2D eigenvalue weighted by atomic mass is 32.1. The van der Waals surface area contributed by atoms with Crippen LogP contribution in [0.4, 0.5) is 10.1 Å². The van der Waals surface area contributed by atoms with Gasteiger partial charge in [-0.3, -0.25) is 19.8 Å². The van der Waals surface area contributed by atoms with Crippen molar-refractivity contribution in [1.29, 1.82) is 0 Å². The van der Waals surface area contributed by atoms with Crippen LogP contribution in [0, 0.1) is 19.7 Å². The van der Waals surface area contributed by atoms with Crippen LogP contribution < -0.4 is 10.2 Å². The maximum Gasteiger partial charge on any atom is 0.270 e. The first-order valence-electron chi connectivity index (χ1n) is 10.3. The number of hydrogen-bond acceptors (Lipinski definition) is 3. The summed E-state index contributed by atoms with van der Waals surface area (Å²) in [6, 6.07) is 15.6. The molecular weight excluding hydrogens is 425 g/mol. The Morgan fingerprint density at radius 2 is 1.75 bits per heavy atom. The van der Waals surface area contributed by atoms with Gasteiger partial charge in [0.2, 0.25) is 0 Å². The summed E-state index contributed by atoms with van der Waals surface area (Å²) in [7, 11) is 0. The number of halogens is 1. The molecule has 2 amide bonds. The van der Waals surface area contributed by atoms with Crippen LogP contribution in [0.5, 0.6) is 0 Å². The number of benzene rings is 2. The van der Waals surface area contributed by atoms with Gasteiger partial charge in [-0.2, -0.15) is 0 Å². The Morgan fingerprint density at radius 3 is 2.41 bits per heavy atom. The van der Waals surface area contributed by atoms with Gasteiger partial charge in [0.15, 0.2) is 5.11 Å². The van der Waals surface area contributed by atoms with E-state index in [1.54, 1.807) is 18.2 Å². The number of aromatic nitrogens is 1. The Labute approximate surface area is 191 Å². The lowest BCUT2D eigenvalue weighted by Crippen LogP contribution is -2.54. The highest BCUT2D eigenvalue weighted by Crippen LogP contribution is 2.26. The minimum Gasteiger partial charge on any atom is -0.318 e. The molecule has 1 saturated heterocycles. The van der Waals surface area contributed by atoms with Crippen molar-refractivity contribution >= 4 is 40.9 Å². The number of carbonyl (C=O) groups excluding carboxylic acids is 2. The minimum absolute atomic E-state index is 0.0161. The molecule has 0 spiro atoms. The zero-order valence-electron chi connectivity index (χ0n) is 18.0. The number of aryl methyl sites for hydroxylation is 2. The molecule has 0 saturated carbocycles. The molecule has 1 N–H and O–H groups in total. The van der Waals surface area contributed by atoms with Gasteiger partial charge in [0, 0.05) is 17.1 Å². The molecule has 0 aliphatic carbocycles. The first kappa shape index (κ1) is 21.6. The number of amides is 2. The molecule has 4 rings (SSSR count). The summed E-state index contributed by atoms with van der Waals surface area (Å²) < 4.78 is 15.6. The predicted octanol–water partition coefficient (Wildman–Crippen LogP) is 4.63. The largest absolute Gasteiger partial charge is 0.318 e. The number of hydrogen-bond donors (Lipinski definition) is 1. The van der Waals surface area contributed by atoms with E-state index in [9.17, 15) is 14.0 Å². The van der Waals surface area contributed by atoms with Crippen molar-refractivity contribution in [2.45, 2.75) is 27.2 Å². The van der Waals surface area contributed by atoms with Crippen molar-refractivity contribution in [1.82, 2.24) is 9.88 Å². The van der Waals surface area contributed by atoms with E-state index in [0.717, 1.165) is 23.4 Å². The second kappa shape index (κ2) is 8.51. The summed E-state index contributed by atoms with van der Waals surface area (Å²) in [5, 5.41) is 2.66. The lowest BCUT2D eigenvalue weighted by Gasteiger charge is -2.29. The molecule has 162 valence electrons. The molecule has 0 bridgehead atoms. The fourth-order valence-corrected chi connectivity index (χ4v) is 4.16. The molecule has 1 aliphatic heterocycles. The zero-order chi connectivity index (χ0) is 23.0. The van der Waals surface area contributed by atoms with Crippen LogP contribution in [-0.2, 0) is 16.0 Å². The van der Waals surface area contributed by atoms with E-state index in [2.05, 4.69) is 5.32 Å². The number of thiocarbonyl (C=S) groups is 1. The lowest BCUT2D eigenvalue weighted by molar-refractivity contribution is -0.122. The monoisotopic (exact) mass is 447 g/mol. The van der Waals surface area contributed by atoms with Gasteiger partial charge in [-0.15, -0.1) is 0 Å². The van der Waals surface area contributed by atoms with E-state index < -0.39 is 11.8 Å². The van der Waals surface area contributed by atoms with Gasteiger partial charge in [0.1, 0.15) is 11.4 Å². The van der Waals surface area contributed by atoms with E-state index in [-0.39, 0.29) is 16.5 Å². The average molecular weight is 448 g/mol. The molecule has 32 heavy (non-hydrogen) atoms. The second-order valence-corrected chi connectivity index (χ2v) is 8.01. The van der Waals surface area contributed by atoms with Crippen molar-refractivity contribution in [2.75, 3.05) is 4.90 Å². The fraction of sp³-hybridized carbons (Fsp3) is 0.160. The third-order valence-corrected chi connectivity index (χ3v) is 5.83. The SMILES string of the molecule is CCc1ccc(N2C(=O)/C(=C/c3cc(C)n(-c4cccc(F)c4)c3C)C(=O)NC2=S)cc1. The Bertz CT molecular complexity index is 1270. The number of anilines is 1. The Morgan fingerprint density at radius 1 is 1.03 bits per heavy atom. The third-order valence-electron chi connectivity index (χ3n) is 5.54. The van der Waals surface area contributed by atoms with Crippen LogP contribution in [0.15, 0.2) is 60.2 Å². The van der Waals surface area contributed by atoms with Crippen molar-refractivity contribution in [3.63, 3.8) is 0 Å². The quantitative estimate of drug-likeness (QED) is 0.361. The molecule has 0 atom stereocenters. The number of carbonyl (C=O) groups is 2. The Balaban J connectivity index is 1.74. The van der Waals surface area contributed by atoms with Gasteiger partial charge < -0.3 is 4.57 Å². The number of rotatable bonds is 4. The van der Waals surface area contributed by atoms with E-state index in [1.807, 2.05) is 55.7 Å². The smallest absolute Gasteiger partial charge is 0.270 e. The van der Waals surface area contributed by atoms with Crippen LogP contribution in [0.1, 0.15) is 29.4 Å². The number of nitrogens with zero attached hydrogens (tertiary/aromatic N) is 2. The summed E-state index contributed by atoms with van der Waals surface area (Å²) in [6.45, 7) is 5.80. The Kier molecular flexibility index (Phi) is 5.76. The standard InChI is InChI=1S/C25H22FN3O2S/c1-4-17-8-10-20(11-9-17)29-24(31)22(23(30)27-25(29)32)13-18-12-15(2)28(16(18)3)21-7-5-6-19(26)14-21/h5-14H,4H2,1-3H3,(H,27,30,32)/b22-13+. The molecule has 1 fully saturated rings. The van der Waals surface area contributed by atoms with E-state index in [1.165, 1.54) is 17.0 Å². The summed E-state index contributed by atoms with van der Waals surface area (Å²) in [6.07, 6.45) is 2.44. The minimum atomic E-state index is -0.544. The van der Waals surface area contributed by atoms with Crippen molar-refractivity contribution in [3.05, 3.63) is 88.5 Å². The average Bonchev–Trinajstić information content (AvgIpc) is 3.04. The summed E-state index contributed by atoms with van der Waals surface area (Å²) >= 11 is 5.28. The molecule has 5 nitrogen and oxygen atoms in total. The maximum absolute atomic E-state index is 13.7. The van der Waals surface area contributed by atoms with Crippen LogP contribution in [-0.4, -0.2) is 21.5 Å². The van der Waals surface area contributed by atoms with Crippen LogP contribution in [0.25, 0.3) is 11.8 Å². The predicted molar refractivity (Wildman–Crippen MR) is 127 cm³/mol. The Hall–Kier alpha value is -3.58. The molecule has 1 aliphatic rings. The van der Waals surface area contributed by atoms with Crippen molar-refractivity contribution < 1.29 is 14.0 Å². The van der Waals surface area contributed by atoms with Gasteiger partial charge >= 0.3 is 0 Å². The fourth-order valence-electron chi connectivity index (χ4n) is 3.87. The summed E-state index contributed by atoms with van der Waals surface area (Å²) in [4.78, 5) is 27.2. The second-order valence-electron chi connectivity index (χ2n) is 7.62. The molecule has 7 heteroatoms. The molecule has 1 aromatic heterocycles. The molecule has 3 aromatic rings. The van der Waals surface area contributed by atoms with E-state index in [0.29, 0.717) is 16.9 Å². The summed E-state index contributed by atoms with van der Waals surface area (Å²) in [5.41, 5.74) is 4.71. The lowest BCUT2D eigenvalue weighted by atomic mass is 10.1. The van der Waals surface area contributed by atoms with Gasteiger partial charge in [0.25, 0.3) is 11.8 Å². The molecule has 2 aromatic carbocycles. The highest BCUT2D eigenvalue weighted by molar-refractivity contribution is 7.80. The highest BCUT2D eigenvalue weighted by Gasteiger charge is 2.34.